The van der Waals surface area contributed by atoms with Gasteiger partial charge in [-0.05, 0) is 96.1 Å². The van der Waals surface area contributed by atoms with Crippen LogP contribution in [0.1, 0.15) is 0 Å². The van der Waals surface area contributed by atoms with Crippen molar-refractivity contribution in [1.82, 2.24) is 13.7 Å². The molecule has 0 aliphatic rings. The summed E-state index contributed by atoms with van der Waals surface area (Å²) in [6.07, 6.45) is 0. The molecule has 270 valence electrons. The number of nitrogens with zero attached hydrogens (tertiary/aromatic N) is 3. The largest absolute Gasteiger partial charge is 0.454 e. The van der Waals surface area contributed by atoms with Gasteiger partial charge in [-0.2, -0.15) is 0 Å². The lowest BCUT2D eigenvalue weighted by Gasteiger charge is -2.09. The minimum Gasteiger partial charge on any atom is -0.454 e. The Labute approximate surface area is 332 Å². The van der Waals surface area contributed by atoms with Crippen molar-refractivity contribution in [2.24, 2.45) is 0 Å². The predicted molar refractivity (Wildman–Crippen MR) is 242 cm³/mol. The van der Waals surface area contributed by atoms with Crippen molar-refractivity contribution in [3.63, 3.8) is 0 Å². The summed E-state index contributed by atoms with van der Waals surface area (Å²) in [5.41, 5.74) is 14.6. The minimum absolute atomic E-state index is 0.902. The van der Waals surface area contributed by atoms with Crippen LogP contribution in [-0.2, 0) is 0 Å². The van der Waals surface area contributed by atoms with Gasteiger partial charge in [0.05, 0.1) is 33.1 Å². The summed E-state index contributed by atoms with van der Waals surface area (Å²) in [5.74, 6) is 0. The molecule has 0 saturated carbocycles. The molecule has 0 spiro atoms. The van der Waals surface area contributed by atoms with Crippen LogP contribution in [0.25, 0.3) is 116 Å². The number of hydrogen-bond donors (Lipinski definition) is 0. The monoisotopic (exact) mass is 739 g/mol. The smallest absolute Gasteiger partial charge is 0.160 e. The first-order chi connectivity index (χ1) is 28.8. The SMILES string of the molecule is c1ccc(-n2c3ccc(-c4ccc5c(c4)c4ccc6c7ccccc7oc6c4n5-c4ccccc4)cc3c3c2ccc2c4ccccc4n(-c4ccccc4)c23)cc1. The lowest BCUT2D eigenvalue weighted by Crippen LogP contribution is -1.95. The van der Waals surface area contributed by atoms with E-state index in [1.807, 2.05) is 6.07 Å². The molecule has 4 heterocycles. The predicted octanol–water partition coefficient (Wildman–Crippen LogP) is 14.5. The molecular weight excluding hydrogens is 707 g/mol. The molecule has 4 nitrogen and oxygen atoms in total. The zero-order valence-corrected chi connectivity index (χ0v) is 31.3. The van der Waals surface area contributed by atoms with Gasteiger partial charge in [0.2, 0.25) is 0 Å². The van der Waals surface area contributed by atoms with E-state index in [2.05, 4.69) is 208 Å². The fraction of sp³-hybridized carbons (Fsp3) is 0. The number of para-hydroxylation sites is 5. The Morgan fingerprint density at radius 2 is 0.776 bits per heavy atom. The van der Waals surface area contributed by atoms with Crippen LogP contribution in [0.5, 0.6) is 0 Å². The molecule has 0 radical (unpaired) electrons. The van der Waals surface area contributed by atoms with E-state index < -0.39 is 0 Å². The molecule has 13 rings (SSSR count). The molecule has 0 fully saturated rings. The van der Waals surface area contributed by atoms with Crippen molar-refractivity contribution in [1.29, 1.82) is 0 Å². The summed E-state index contributed by atoms with van der Waals surface area (Å²) in [6.45, 7) is 0. The normalized spacial score (nSPS) is 12.1. The van der Waals surface area contributed by atoms with Gasteiger partial charge in [0.15, 0.2) is 5.58 Å². The molecule has 58 heavy (non-hydrogen) atoms. The molecule has 4 aromatic heterocycles. The lowest BCUT2D eigenvalue weighted by atomic mass is 9.99. The first-order valence-corrected chi connectivity index (χ1v) is 19.9. The molecule has 13 aromatic rings. The van der Waals surface area contributed by atoms with Gasteiger partial charge < -0.3 is 18.1 Å². The maximum absolute atomic E-state index is 6.67. The molecular formula is C54H33N3O. The molecule has 0 amide bonds. The topological polar surface area (TPSA) is 27.9 Å². The minimum atomic E-state index is 0.902. The van der Waals surface area contributed by atoms with Crippen LogP contribution in [0.2, 0.25) is 0 Å². The van der Waals surface area contributed by atoms with Crippen molar-refractivity contribution in [2.45, 2.75) is 0 Å². The third-order valence-electron chi connectivity index (χ3n) is 12.2. The number of aromatic nitrogens is 3. The van der Waals surface area contributed by atoms with Crippen LogP contribution in [0.3, 0.4) is 0 Å². The van der Waals surface area contributed by atoms with E-state index in [4.69, 9.17) is 4.42 Å². The Morgan fingerprint density at radius 3 is 1.48 bits per heavy atom. The summed E-state index contributed by atoms with van der Waals surface area (Å²) < 4.78 is 13.9. The van der Waals surface area contributed by atoms with Crippen LogP contribution in [-0.4, -0.2) is 13.7 Å². The van der Waals surface area contributed by atoms with E-state index in [1.165, 1.54) is 65.5 Å². The molecule has 4 heteroatoms. The average molecular weight is 740 g/mol. The number of fused-ring (bicyclic) bond motifs is 14. The fourth-order valence-electron chi connectivity index (χ4n) is 9.75. The fourth-order valence-corrected chi connectivity index (χ4v) is 9.75. The van der Waals surface area contributed by atoms with Crippen molar-refractivity contribution in [3.8, 4) is 28.2 Å². The third kappa shape index (κ3) is 4.29. The van der Waals surface area contributed by atoms with Crippen LogP contribution in [0, 0.1) is 0 Å². The highest BCUT2D eigenvalue weighted by atomic mass is 16.3. The molecule has 0 unspecified atom stereocenters. The second-order valence-corrected chi connectivity index (χ2v) is 15.3. The van der Waals surface area contributed by atoms with E-state index in [-0.39, 0.29) is 0 Å². The van der Waals surface area contributed by atoms with Gasteiger partial charge in [0.1, 0.15) is 5.58 Å². The molecule has 0 saturated heterocycles. The molecule has 0 aliphatic carbocycles. The van der Waals surface area contributed by atoms with Gasteiger partial charge in [-0.15, -0.1) is 0 Å². The van der Waals surface area contributed by atoms with Gasteiger partial charge >= 0.3 is 0 Å². The van der Waals surface area contributed by atoms with E-state index in [0.29, 0.717) is 0 Å². The van der Waals surface area contributed by atoms with E-state index in [1.54, 1.807) is 0 Å². The Bertz CT molecular complexity index is 3770. The van der Waals surface area contributed by atoms with Crippen molar-refractivity contribution in [2.75, 3.05) is 0 Å². The quantitative estimate of drug-likeness (QED) is 0.177. The summed E-state index contributed by atoms with van der Waals surface area (Å²) in [5, 5.41) is 9.58. The zero-order valence-electron chi connectivity index (χ0n) is 31.3. The van der Waals surface area contributed by atoms with E-state index in [0.717, 1.165) is 50.0 Å². The van der Waals surface area contributed by atoms with Gasteiger partial charge in [0.25, 0.3) is 0 Å². The zero-order chi connectivity index (χ0) is 37.9. The Morgan fingerprint density at radius 1 is 0.293 bits per heavy atom. The summed E-state index contributed by atoms with van der Waals surface area (Å²) in [7, 11) is 0. The van der Waals surface area contributed by atoms with Gasteiger partial charge in [0, 0.05) is 60.2 Å². The van der Waals surface area contributed by atoms with Gasteiger partial charge in [-0.1, -0.05) is 115 Å². The van der Waals surface area contributed by atoms with Crippen LogP contribution < -0.4 is 0 Å². The number of benzene rings is 9. The Kier molecular flexibility index (Phi) is 6.41. The van der Waals surface area contributed by atoms with Crippen LogP contribution in [0.15, 0.2) is 205 Å². The lowest BCUT2D eigenvalue weighted by molar-refractivity contribution is 0.671. The maximum atomic E-state index is 6.67. The van der Waals surface area contributed by atoms with Crippen LogP contribution in [0.4, 0.5) is 0 Å². The molecule has 0 atom stereocenters. The summed E-state index contributed by atoms with van der Waals surface area (Å²) in [4.78, 5) is 0. The first-order valence-electron chi connectivity index (χ1n) is 19.9. The van der Waals surface area contributed by atoms with Gasteiger partial charge in [-0.25, -0.2) is 0 Å². The highest BCUT2D eigenvalue weighted by Crippen LogP contribution is 2.45. The molecule has 0 aliphatic heterocycles. The first kappa shape index (κ1) is 31.4. The second kappa shape index (κ2) is 11.8. The van der Waals surface area contributed by atoms with Crippen molar-refractivity contribution < 1.29 is 4.42 Å². The number of furan rings is 1. The van der Waals surface area contributed by atoms with Gasteiger partial charge in [-0.3, -0.25) is 0 Å². The number of rotatable bonds is 4. The summed E-state index contributed by atoms with van der Waals surface area (Å²) in [6, 6.07) is 72.4. The highest BCUT2D eigenvalue weighted by Gasteiger charge is 2.23. The number of hydrogen-bond acceptors (Lipinski definition) is 1. The second-order valence-electron chi connectivity index (χ2n) is 15.3. The molecule has 0 bridgehead atoms. The maximum Gasteiger partial charge on any atom is 0.160 e. The Balaban J connectivity index is 1.12. The van der Waals surface area contributed by atoms with Crippen LogP contribution >= 0.6 is 0 Å². The Hall–Kier alpha value is -7.82. The molecule has 0 N–H and O–H groups in total. The van der Waals surface area contributed by atoms with E-state index in [9.17, 15) is 0 Å². The third-order valence-corrected chi connectivity index (χ3v) is 12.2. The standard InChI is InChI=1S/C54H33N3O/c1-4-14-36(15-5-1)55-48-30-25-35(33-45(48)51-49(55)31-28-41-39-20-10-12-22-46(39)56(52(41)51)37-16-6-2-7-17-37)34-24-29-47-44(32-34)42-26-27-43-40-21-11-13-23-50(40)58-54(43)53(42)57(47)38-18-8-3-9-19-38/h1-33H. The average Bonchev–Trinajstić information content (AvgIpc) is 4.03. The summed E-state index contributed by atoms with van der Waals surface area (Å²) >= 11 is 0. The van der Waals surface area contributed by atoms with E-state index >= 15 is 0 Å². The van der Waals surface area contributed by atoms with Crippen molar-refractivity contribution in [3.05, 3.63) is 200 Å². The molecule has 9 aromatic carbocycles. The highest BCUT2D eigenvalue weighted by molar-refractivity contribution is 6.27. The van der Waals surface area contributed by atoms with Crippen molar-refractivity contribution >= 4 is 87.4 Å².